The van der Waals surface area contributed by atoms with Gasteiger partial charge < -0.3 is 40.1 Å². The molecule has 1 amide bonds. The van der Waals surface area contributed by atoms with Crippen LogP contribution in [-0.4, -0.2) is 116 Å². The molecule has 2 aromatic rings. The molecule has 5 N–H and O–H groups in total. The fraction of sp³-hybridized carbons (Fsp3) is 0.636. The lowest BCUT2D eigenvalue weighted by atomic mass is 9.91. The van der Waals surface area contributed by atoms with Crippen LogP contribution < -0.4 is 9.64 Å². The minimum absolute atomic E-state index is 0.0179. The predicted octanol–water partition coefficient (Wildman–Crippen LogP) is 1.91. The van der Waals surface area contributed by atoms with Crippen LogP contribution in [0.5, 0.6) is 5.75 Å². The van der Waals surface area contributed by atoms with E-state index in [2.05, 4.69) is 14.9 Å². The third kappa shape index (κ3) is 11.0. The van der Waals surface area contributed by atoms with Gasteiger partial charge in [0.2, 0.25) is 11.9 Å². The maximum Gasteiger partial charge on any atom is 0.227 e. The highest BCUT2D eigenvalue weighted by atomic mass is 35.5. The second kappa shape index (κ2) is 18.0. The molecule has 2 saturated heterocycles. The van der Waals surface area contributed by atoms with Gasteiger partial charge >= 0.3 is 0 Å². The largest absolute Gasteiger partial charge is 0.493 e. The van der Waals surface area contributed by atoms with E-state index in [1.807, 2.05) is 0 Å². The molecule has 0 bridgehead atoms. The lowest BCUT2D eigenvalue weighted by molar-refractivity contribution is -0.137. The lowest BCUT2D eigenvalue weighted by Crippen LogP contribution is -2.50. The van der Waals surface area contributed by atoms with Gasteiger partial charge in [-0.05, 0) is 62.0 Å². The molecule has 0 unspecified atom stereocenters. The van der Waals surface area contributed by atoms with Crippen LogP contribution in [0.2, 0.25) is 5.02 Å². The van der Waals surface area contributed by atoms with E-state index in [4.69, 9.17) is 21.4 Å². The van der Waals surface area contributed by atoms with Gasteiger partial charge in [-0.2, -0.15) is 0 Å². The number of carbonyl (C=O) groups excluding carboxylic acids is 2. The molecule has 0 radical (unpaired) electrons. The molecule has 1 aromatic carbocycles. The third-order valence-electron chi connectivity index (χ3n) is 9.08. The number of halogens is 2. The topological polar surface area (TPSA) is 177 Å². The first-order valence-corrected chi connectivity index (χ1v) is 16.7. The maximum absolute atomic E-state index is 14.8. The summed E-state index contributed by atoms with van der Waals surface area (Å²) >= 11 is 5.88. The van der Waals surface area contributed by atoms with Gasteiger partial charge in [0.15, 0.2) is 0 Å². The molecule has 2 fully saturated rings. The summed E-state index contributed by atoms with van der Waals surface area (Å²) in [6.45, 7) is 2.46. The van der Waals surface area contributed by atoms with E-state index >= 15 is 0 Å². The molecule has 0 spiro atoms. The van der Waals surface area contributed by atoms with Gasteiger partial charge in [0.1, 0.15) is 35.7 Å². The van der Waals surface area contributed by atoms with Gasteiger partial charge in [-0.1, -0.05) is 17.7 Å². The number of ether oxygens (including phenoxy) is 1. The van der Waals surface area contributed by atoms with Gasteiger partial charge in [0, 0.05) is 45.1 Å². The molecular formula is C33H46ClFN4O8. The van der Waals surface area contributed by atoms with Crippen LogP contribution in [0, 0.1) is 17.7 Å². The van der Waals surface area contributed by atoms with Crippen LogP contribution in [0.1, 0.15) is 56.9 Å². The van der Waals surface area contributed by atoms with E-state index in [0.717, 1.165) is 38.8 Å². The van der Waals surface area contributed by atoms with Crippen molar-refractivity contribution in [3.05, 3.63) is 47.0 Å². The van der Waals surface area contributed by atoms with Crippen molar-refractivity contribution in [2.24, 2.45) is 11.8 Å². The van der Waals surface area contributed by atoms with Crippen molar-refractivity contribution >= 4 is 29.2 Å². The highest BCUT2D eigenvalue weighted by Crippen LogP contribution is 2.26. The van der Waals surface area contributed by atoms with Crippen LogP contribution in [-0.2, 0) is 16.0 Å². The molecule has 4 atom stereocenters. The van der Waals surface area contributed by atoms with E-state index in [1.54, 1.807) is 29.4 Å². The first kappa shape index (κ1) is 36.9. The van der Waals surface area contributed by atoms with Gasteiger partial charge in [-0.25, -0.2) is 14.4 Å². The minimum atomic E-state index is -1.72. The molecule has 1 aromatic heterocycles. The van der Waals surface area contributed by atoms with Crippen LogP contribution >= 0.6 is 11.6 Å². The molecular weight excluding hydrogens is 635 g/mol. The summed E-state index contributed by atoms with van der Waals surface area (Å²) in [4.78, 5) is 37.3. The third-order valence-corrected chi connectivity index (χ3v) is 9.28. The zero-order valence-electron chi connectivity index (χ0n) is 26.5. The van der Waals surface area contributed by atoms with Crippen LogP contribution in [0.4, 0.5) is 10.3 Å². The van der Waals surface area contributed by atoms with Gasteiger partial charge in [0.05, 0.1) is 43.2 Å². The Labute approximate surface area is 279 Å². The molecule has 3 heterocycles. The van der Waals surface area contributed by atoms with Gasteiger partial charge in [-0.15, -0.1) is 0 Å². The van der Waals surface area contributed by atoms with Crippen molar-refractivity contribution in [1.82, 2.24) is 14.9 Å². The number of aromatic nitrogens is 2. The standard InChI is InChI=1S/C33H46ClFN4O8/c34-24-16-36-33(37-17-24)38-11-9-21(10-12-38)2-1-13-47-26-7-4-23(27(35)15-26)14-30(44)39-18-22(19-39)3-5-25(41)6-8-28(42)31(45)32(46)29(43)20-40/h4,7,15-17,21-22,28-29,31-32,40,42-43,45-46H,1-3,5-6,8-14,18-20H2/t28-,29+,31+,32+/m0/s1. The molecule has 0 saturated carbocycles. The SMILES string of the molecule is O=C(CCC1CN(C(=O)Cc2ccc(OCCCC3CCN(c4ncc(Cl)cn4)CC3)cc2F)C1)CC[C@H](O)[C@@H](O)[C@H](O)[C@H](O)CO. The number of anilines is 1. The number of Topliss-reactive ketones (excluding diaryl/α,β-unsaturated/α-hetero) is 1. The number of aliphatic hydroxyl groups is 5. The van der Waals surface area contributed by atoms with Crippen LogP contribution in [0.25, 0.3) is 0 Å². The monoisotopic (exact) mass is 680 g/mol. The maximum atomic E-state index is 14.8. The number of nitrogens with zero attached hydrogens (tertiary/aromatic N) is 4. The number of hydrogen-bond acceptors (Lipinski definition) is 11. The van der Waals surface area contributed by atoms with Crippen molar-refractivity contribution in [3.8, 4) is 5.75 Å². The molecule has 2 aliphatic rings. The fourth-order valence-corrected chi connectivity index (χ4v) is 6.07. The van der Waals surface area contributed by atoms with Crippen LogP contribution in [0.15, 0.2) is 30.6 Å². The second-order valence-corrected chi connectivity index (χ2v) is 13.1. The van der Waals surface area contributed by atoms with Gasteiger partial charge in [-0.3, -0.25) is 9.59 Å². The molecule has 260 valence electrons. The number of carbonyl (C=O) groups is 2. The van der Waals surface area contributed by atoms with E-state index in [-0.39, 0.29) is 43.3 Å². The smallest absolute Gasteiger partial charge is 0.227 e. The minimum Gasteiger partial charge on any atom is -0.493 e. The average molecular weight is 681 g/mol. The Bertz CT molecular complexity index is 1290. The Hall–Kier alpha value is -2.94. The number of likely N-dealkylation sites (tertiary alicyclic amines) is 1. The molecule has 12 nitrogen and oxygen atoms in total. The summed E-state index contributed by atoms with van der Waals surface area (Å²) in [5.41, 5.74) is 0.301. The number of hydrogen-bond donors (Lipinski definition) is 5. The number of benzene rings is 1. The van der Waals surface area contributed by atoms with Crippen LogP contribution in [0.3, 0.4) is 0 Å². The van der Waals surface area contributed by atoms with E-state index in [9.17, 15) is 34.4 Å². The summed E-state index contributed by atoms with van der Waals surface area (Å²) < 4.78 is 20.6. The molecule has 4 rings (SSSR count). The number of aliphatic hydroxyl groups excluding tert-OH is 5. The number of amides is 1. The quantitative estimate of drug-likeness (QED) is 0.145. The summed E-state index contributed by atoms with van der Waals surface area (Å²) in [5, 5.41) is 48.2. The molecule has 0 aliphatic carbocycles. The Kier molecular flexibility index (Phi) is 14.1. The summed E-state index contributed by atoms with van der Waals surface area (Å²) in [6, 6.07) is 4.59. The van der Waals surface area contributed by atoms with Crippen molar-refractivity contribution in [3.63, 3.8) is 0 Å². The van der Waals surface area contributed by atoms with Crippen molar-refractivity contribution in [2.45, 2.75) is 82.2 Å². The second-order valence-electron chi connectivity index (χ2n) is 12.6. The fourth-order valence-electron chi connectivity index (χ4n) is 5.98. The zero-order chi connectivity index (χ0) is 33.9. The van der Waals surface area contributed by atoms with Crippen molar-refractivity contribution in [1.29, 1.82) is 0 Å². The van der Waals surface area contributed by atoms with E-state index in [0.29, 0.717) is 54.3 Å². The van der Waals surface area contributed by atoms with E-state index < -0.39 is 36.8 Å². The first-order valence-electron chi connectivity index (χ1n) is 16.3. The van der Waals surface area contributed by atoms with E-state index in [1.165, 1.54) is 6.07 Å². The summed E-state index contributed by atoms with van der Waals surface area (Å²) in [7, 11) is 0. The first-order chi connectivity index (χ1) is 22.5. The molecule has 14 heteroatoms. The highest BCUT2D eigenvalue weighted by molar-refractivity contribution is 6.30. The normalized spacial score (nSPS) is 18.4. The number of ketones is 1. The Morgan fingerprint density at radius 1 is 0.979 bits per heavy atom. The zero-order valence-corrected chi connectivity index (χ0v) is 27.2. The van der Waals surface area contributed by atoms with Crippen molar-refractivity contribution < 1.29 is 44.2 Å². The number of piperidine rings is 1. The summed E-state index contributed by atoms with van der Waals surface area (Å²) in [6.07, 6.45) is 1.38. The number of rotatable bonds is 18. The average Bonchev–Trinajstić information content (AvgIpc) is 3.05. The Morgan fingerprint density at radius 2 is 1.66 bits per heavy atom. The predicted molar refractivity (Wildman–Crippen MR) is 171 cm³/mol. The van der Waals surface area contributed by atoms with Crippen molar-refractivity contribution in [2.75, 3.05) is 44.3 Å². The molecule has 2 aliphatic heterocycles. The Balaban J connectivity index is 1.07. The molecule has 47 heavy (non-hydrogen) atoms. The Morgan fingerprint density at radius 3 is 2.32 bits per heavy atom. The highest BCUT2D eigenvalue weighted by Gasteiger charge is 2.32. The summed E-state index contributed by atoms with van der Waals surface area (Å²) in [5.74, 6) is 1.06. The lowest BCUT2D eigenvalue weighted by Gasteiger charge is -2.39. The van der Waals surface area contributed by atoms with Gasteiger partial charge in [0.25, 0.3) is 0 Å².